The minimum Gasteiger partial charge on any atom is -0.491 e. The molecule has 0 bridgehead atoms. The van der Waals surface area contributed by atoms with Gasteiger partial charge in [0, 0.05) is 56.3 Å². The van der Waals surface area contributed by atoms with E-state index in [1.807, 2.05) is 37.3 Å². The summed E-state index contributed by atoms with van der Waals surface area (Å²) in [4.78, 5) is 16.6. The van der Waals surface area contributed by atoms with Crippen molar-refractivity contribution in [3.63, 3.8) is 0 Å². The molecule has 2 heterocycles. The van der Waals surface area contributed by atoms with Gasteiger partial charge in [-0.05, 0) is 37.1 Å². The molecule has 3 aromatic rings. The third-order valence-electron chi connectivity index (χ3n) is 6.28. The molecule has 1 aromatic heterocycles. The number of fused-ring (bicyclic) bond motifs is 1. The molecule has 1 saturated heterocycles. The number of halogens is 2. The lowest BCUT2D eigenvalue weighted by atomic mass is 10.1. The molecule has 1 unspecified atom stereocenters. The van der Waals surface area contributed by atoms with Crippen LogP contribution in [0.2, 0.25) is 0 Å². The molecule has 1 aliphatic rings. The number of rotatable bonds is 8. The Morgan fingerprint density at radius 2 is 1.69 bits per heavy atom. The molecule has 35 heavy (non-hydrogen) atoms. The minimum absolute atomic E-state index is 0. The van der Waals surface area contributed by atoms with E-state index in [2.05, 4.69) is 34.1 Å². The molecule has 1 atom stereocenters. The van der Waals surface area contributed by atoms with Crippen molar-refractivity contribution >= 4 is 41.9 Å². The van der Waals surface area contributed by atoms with Crippen LogP contribution in [0.4, 0.5) is 0 Å². The molecular weight excluding hydrogens is 487 g/mol. The highest BCUT2D eigenvalue weighted by atomic mass is 35.5. The highest BCUT2D eigenvalue weighted by Gasteiger charge is 2.19. The highest BCUT2D eigenvalue weighted by molar-refractivity contribution is 5.85. The van der Waals surface area contributed by atoms with E-state index < -0.39 is 6.10 Å². The third kappa shape index (κ3) is 7.82. The van der Waals surface area contributed by atoms with Crippen molar-refractivity contribution in [3.8, 4) is 5.75 Å². The van der Waals surface area contributed by atoms with Crippen molar-refractivity contribution in [2.45, 2.75) is 20.0 Å². The van der Waals surface area contributed by atoms with Crippen LogP contribution in [0, 0.1) is 13.8 Å². The molecule has 190 valence electrons. The number of piperazine rings is 1. The standard InChI is InChI=1S/C27H32N2O4.2ClH/c1-20-21(2)27(31)33-26-17-24(10-11-25(20)26)32-19-23(30)18-29-15-13-28(14-16-29)12-6-9-22-7-4-3-5-8-22;;/h3-11,17,23,30H,12-16,18-19H2,1-2H3;2*1H. The number of aliphatic hydroxyl groups excluding tert-OH is 1. The van der Waals surface area contributed by atoms with Gasteiger partial charge in [0.1, 0.15) is 24.0 Å². The Kier molecular flexibility index (Phi) is 11.3. The van der Waals surface area contributed by atoms with Gasteiger partial charge in [-0.25, -0.2) is 4.79 Å². The molecule has 0 spiro atoms. The van der Waals surface area contributed by atoms with Gasteiger partial charge in [0.2, 0.25) is 0 Å². The lowest BCUT2D eigenvalue weighted by Gasteiger charge is -2.35. The van der Waals surface area contributed by atoms with Crippen molar-refractivity contribution in [1.82, 2.24) is 9.80 Å². The van der Waals surface area contributed by atoms with E-state index in [4.69, 9.17) is 9.15 Å². The second-order valence-electron chi connectivity index (χ2n) is 8.68. The molecular formula is C27H34Cl2N2O4. The zero-order valence-electron chi connectivity index (χ0n) is 20.2. The first-order valence-electron chi connectivity index (χ1n) is 11.5. The summed E-state index contributed by atoms with van der Waals surface area (Å²) in [6, 6.07) is 15.8. The number of β-amino-alcohol motifs (C(OH)–C–C–N with tert-alkyl or cyclic N) is 1. The Morgan fingerprint density at radius 3 is 2.40 bits per heavy atom. The first-order chi connectivity index (χ1) is 16.0. The van der Waals surface area contributed by atoms with E-state index in [9.17, 15) is 9.90 Å². The number of nitrogens with zero attached hydrogens (tertiary/aromatic N) is 2. The monoisotopic (exact) mass is 520 g/mol. The van der Waals surface area contributed by atoms with E-state index in [0.29, 0.717) is 23.4 Å². The van der Waals surface area contributed by atoms with Crippen LogP contribution in [-0.2, 0) is 0 Å². The van der Waals surface area contributed by atoms with Crippen LogP contribution in [0.1, 0.15) is 16.7 Å². The number of ether oxygens (including phenoxy) is 1. The van der Waals surface area contributed by atoms with E-state index in [0.717, 1.165) is 43.7 Å². The molecule has 1 N–H and O–H groups in total. The van der Waals surface area contributed by atoms with E-state index in [-0.39, 0.29) is 37.0 Å². The summed E-state index contributed by atoms with van der Waals surface area (Å²) in [7, 11) is 0. The summed E-state index contributed by atoms with van der Waals surface area (Å²) in [5.74, 6) is 0.586. The zero-order valence-corrected chi connectivity index (χ0v) is 21.8. The fraction of sp³-hybridized carbons (Fsp3) is 0.370. The fourth-order valence-corrected chi connectivity index (χ4v) is 4.12. The Bertz CT molecular complexity index is 1160. The summed E-state index contributed by atoms with van der Waals surface area (Å²) in [5, 5.41) is 11.4. The number of hydrogen-bond donors (Lipinski definition) is 1. The maximum Gasteiger partial charge on any atom is 0.339 e. The lowest BCUT2D eigenvalue weighted by Crippen LogP contribution is -2.49. The van der Waals surface area contributed by atoms with Gasteiger partial charge < -0.3 is 14.3 Å². The molecule has 1 aliphatic heterocycles. The SMILES string of the molecule is Cc1c(C)c2ccc(OCC(O)CN3CCN(CC=Cc4ccccc4)CC3)cc2oc1=O.Cl.Cl. The molecule has 8 heteroatoms. The Balaban J connectivity index is 0.00000216. The van der Waals surface area contributed by atoms with E-state index in [1.54, 1.807) is 13.0 Å². The first kappa shape index (κ1) is 28.9. The Morgan fingerprint density at radius 1 is 1.00 bits per heavy atom. The molecule has 0 amide bonds. The molecule has 2 aromatic carbocycles. The van der Waals surface area contributed by atoms with Crippen molar-refractivity contribution in [2.75, 3.05) is 45.9 Å². The van der Waals surface area contributed by atoms with Crippen LogP contribution in [0.5, 0.6) is 5.75 Å². The van der Waals surface area contributed by atoms with Crippen molar-refractivity contribution in [2.24, 2.45) is 0 Å². The van der Waals surface area contributed by atoms with Gasteiger partial charge in [-0.2, -0.15) is 0 Å². The van der Waals surface area contributed by atoms with Gasteiger partial charge in [-0.3, -0.25) is 9.80 Å². The van der Waals surface area contributed by atoms with Crippen molar-refractivity contribution in [1.29, 1.82) is 0 Å². The summed E-state index contributed by atoms with van der Waals surface area (Å²) >= 11 is 0. The van der Waals surface area contributed by atoms with Crippen LogP contribution >= 0.6 is 24.8 Å². The predicted molar refractivity (Wildman–Crippen MR) is 146 cm³/mol. The summed E-state index contributed by atoms with van der Waals surface area (Å²) in [6.07, 6.45) is 3.78. The Labute approximate surface area is 219 Å². The number of benzene rings is 2. The smallest absolute Gasteiger partial charge is 0.339 e. The fourth-order valence-electron chi connectivity index (χ4n) is 4.12. The van der Waals surface area contributed by atoms with E-state index >= 15 is 0 Å². The maximum absolute atomic E-state index is 11.9. The quantitative estimate of drug-likeness (QED) is 0.446. The van der Waals surface area contributed by atoms with Gasteiger partial charge in [0.15, 0.2) is 0 Å². The number of aliphatic hydroxyl groups is 1. The average molecular weight is 521 g/mol. The topological polar surface area (TPSA) is 66.2 Å². The molecule has 0 saturated carbocycles. The van der Waals surface area contributed by atoms with Crippen LogP contribution < -0.4 is 10.4 Å². The predicted octanol–water partition coefficient (Wildman–Crippen LogP) is 4.32. The average Bonchev–Trinajstić information content (AvgIpc) is 2.83. The molecule has 6 nitrogen and oxygen atoms in total. The van der Waals surface area contributed by atoms with Gasteiger partial charge in [0.25, 0.3) is 0 Å². The van der Waals surface area contributed by atoms with Crippen LogP contribution in [0.15, 0.2) is 63.8 Å². The van der Waals surface area contributed by atoms with Crippen molar-refractivity contribution < 1.29 is 14.3 Å². The summed E-state index contributed by atoms with van der Waals surface area (Å²) in [5.41, 5.74) is 2.94. The second kappa shape index (κ2) is 13.7. The number of aryl methyl sites for hydroxylation is 1. The van der Waals surface area contributed by atoms with Crippen LogP contribution in [-0.4, -0.2) is 66.9 Å². The van der Waals surface area contributed by atoms with Gasteiger partial charge in [-0.1, -0.05) is 42.5 Å². The molecule has 4 rings (SSSR count). The second-order valence-corrected chi connectivity index (χ2v) is 8.68. The van der Waals surface area contributed by atoms with Crippen LogP contribution in [0.3, 0.4) is 0 Å². The lowest BCUT2D eigenvalue weighted by molar-refractivity contribution is 0.0482. The normalized spacial score (nSPS) is 15.5. The third-order valence-corrected chi connectivity index (χ3v) is 6.28. The van der Waals surface area contributed by atoms with Gasteiger partial charge in [0.05, 0.1) is 0 Å². The maximum atomic E-state index is 11.9. The van der Waals surface area contributed by atoms with Gasteiger partial charge in [-0.15, -0.1) is 24.8 Å². The Hall–Kier alpha value is -2.35. The van der Waals surface area contributed by atoms with Crippen molar-refractivity contribution in [3.05, 3.63) is 81.7 Å². The largest absolute Gasteiger partial charge is 0.491 e. The van der Waals surface area contributed by atoms with Gasteiger partial charge >= 0.3 is 5.63 Å². The minimum atomic E-state index is -0.586. The summed E-state index contributed by atoms with van der Waals surface area (Å²) in [6.45, 7) is 9.21. The molecule has 1 fully saturated rings. The molecule has 0 aliphatic carbocycles. The highest BCUT2D eigenvalue weighted by Crippen LogP contribution is 2.24. The zero-order chi connectivity index (χ0) is 23.2. The molecule has 0 radical (unpaired) electrons. The first-order valence-corrected chi connectivity index (χ1v) is 11.5. The van der Waals surface area contributed by atoms with Crippen LogP contribution in [0.25, 0.3) is 17.0 Å². The van der Waals surface area contributed by atoms with E-state index in [1.165, 1.54) is 5.56 Å². The number of hydrogen-bond acceptors (Lipinski definition) is 6. The summed E-state index contributed by atoms with van der Waals surface area (Å²) < 4.78 is 11.2.